The molecule has 2 aromatic rings. The minimum Gasteiger partial charge on any atom is -0.350 e. The molecule has 0 unspecified atom stereocenters. The quantitative estimate of drug-likeness (QED) is 0.879. The lowest BCUT2D eigenvalue weighted by molar-refractivity contribution is 0.0943. The lowest BCUT2D eigenvalue weighted by atomic mass is 9.94. The van der Waals surface area contributed by atoms with Crippen LogP contribution < -0.4 is 11.1 Å². The van der Waals surface area contributed by atoms with Crippen molar-refractivity contribution in [2.45, 2.75) is 46.1 Å². The Morgan fingerprint density at radius 2 is 2.05 bits per heavy atom. The number of amides is 1. The molecule has 2 aromatic heterocycles. The summed E-state index contributed by atoms with van der Waals surface area (Å²) in [6.07, 6.45) is 1.61. The van der Waals surface area contributed by atoms with Crippen molar-refractivity contribution in [3.05, 3.63) is 23.0 Å². The van der Waals surface area contributed by atoms with E-state index in [9.17, 15) is 4.79 Å². The Morgan fingerprint density at radius 3 is 2.67 bits per heavy atom. The number of rotatable bonds is 5. The maximum absolute atomic E-state index is 12.5. The summed E-state index contributed by atoms with van der Waals surface area (Å²) >= 11 is 0. The van der Waals surface area contributed by atoms with Crippen molar-refractivity contribution in [2.75, 3.05) is 6.54 Å². The van der Waals surface area contributed by atoms with Gasteiger partial charge in [0.2, 0.25) is 0 Å². The zero-order valence-electron chi connectivity index (χ0n) is 13.0. The van der Waals surface area contributed by atoms with Gasteiger partial charge in [0, 0.05) is 17.8 Å². The van der Waals surface area contributed by atoms with E-state index in [2.05, 4.69) is 15.5 Å². The first-order valence-corrected chi connectivity index (χ1v) is 7.21. The van der Waals surface area contributed by atoms with Gasteiger partial charge in [0.05, 0.1) is 16.6 Å². The molecule has 0 saturated heterocycles. The number of nitrogens with two attached hydrogens (primary N) is 1. The summed E-state index contributed by atoms with van der Waals surface area (Å²) in [6, 6.07) is 1.75. The van der Waals surface area contributed by atoms with Crippen molar-refractivity contribution < 1.29 is 9.32 Å². The smallest absolute Gasteiger partial charge is 0.258 e. The van der Waals surface area contributed by atoms with Crippen LogP contribution in [0.2, 0.25) is 0 Å². The van der Waals surface area contributed by atoms with Crippen LogP contribution in [0.25, 0.3) is 11.1 Å². The molecule has 0 spiro atoms. The third-order valence-electron chi connectivity index (χ3n) is 4.00. The first kappa shape index (κ1) is 15.4. The first-order valence-electron chi connectivity index (χ1n) is 7.21. The fourth-order valence-corrected chi connectivity index (χ4v) is 2.25. The van der Waals surface area contributed by atoms with E-state index in [4.69, 9.17) is 10.3 Å². The number of hydrogen-bond donors (Lipinski definition) is 2. The highest BCUT2D eigenvalue weighted by Crippen LogP contribution is 2.22. The van der Waals surface area contributed by atoms with E-state index in [1.54, 1.807) is 13.0 Å². The highest BCUT2D eigenvalue weighted by atomic mass is 16.5. The average Bonchev–Trinajstić information content (AvgIpc) is 2.84. The molecule has 0 aromatic carbocycles. The van der Waals surface area contributed by atoms with E-state index < -0.39 is 0 Å². The maximum Gasteiger partial charge on any atom is 0.258 e. The Kier molecular flexibility index (Phi) is 4.27. The topological polar surface area (TPSA) is 94.0 Å². The van der Waals surface area contributed by atoms with Crippen molar-refractivity contribution in [3.63, 3.8) is 0 Å². The molecule has 0 atom stereocenters. The second kappa shape index (κ2) is 5.81. The van der Waals surface area contributed by atoms with Gasteiger partial charge in [-0.05, 0) is 32.8 Å². The minimum absolute atomic E-state index is 0.173. The molecule has 0 saturated carbocycles. The molecule has 2 heterocycles. The number of aromatic nitrogens is 2. The Labute approximate surface area is 124 Å². The molecular formula is C15H22N4O2. The number of carbonyl (C=O) groups is 1. The largest absolute Gasteiger partial charge is 0.350 e. The number of fused-ring (bicyclic) bond motifs is 1. The van der Waals surface area contributed by atoms with Crippen LogP contribution in [0.1, 0.15) is 48.4 Å². The molecule has 0 bridgehead atoms. The minimum atomic E-state index is -0.374. The van der Waals surface area contributed by atoms with Crippen molar-refractivity contribution in [2.24, 2.45) is 5.73 Å². The van der Waals surface area contributed by atoms with Gasteiger partial charge in [-0.2, -0.15) is 0 Å². The Morgan fingerprint density at radius 1 is 1.38 bits per heavy atom. The first-order chi connectivity index (χ1) is 9.90. The second-order valence-electron chi connectivity index (χ2n) is 5.51. The predicted octanol–water partition coefficient (Wildman–Crippen LogP) is 2.09. The van der Waals surface area contributed by atoms with E-state index in [1.807, 2.05) is 20.8 Å². The molecular weight excluding hydrogens is 268 g/mol. The Balaban J connectivity index is 2.29. The van der Waals surface area contributed by atoms with Crippen LogP contribution in [-0.2, 0) is 0 Å². The van der Waals surface area contributed by atoms with Crippen molar-refractivity contribution in [1.82, 2.24) is 15.5 Å². The van der Waals surface area contributed by atoms with Crippen LogP contribution in [0, 0.1) is 13.8 Å². The fraction of sp³-hybridized carbons (Fsp3) is 0.533. The highest BCUT2D eigenvalue weighted by molar-refractivity contribution is 6.06. The van der Waals surface area contributed by atoms with Gasteiger partial charge in [-0.1, -0.05) is 19.0 Å². The Bertz CT molecular complexity index is 659. The molecule has 0 aliphatic rings. The molecule has 114 valence electrons. The summed E-state index contributed by atoms with van der Waals surface area (Å²) < 4.78 is 5.14. The number of hydrogen-bond acceptors (Lipinski definition) is 5. The van der Waals surface area contributed by atoms with E-state index in [1.165, 1.54) is 0 Å². The van der Waals surface area contributed by atoms with Gasteiger partial charge >= 0.3 is 0 Å². The Hall–Kier alpha value is -1.95. The summed E-state index contributed by atoms with van der Waals surface area (Å²) in [5, 5.41) is 7.46. The normalized spacial score (nSPS) is 11.9. The molecule has 3 N–H and O–H groups in total. The van der Waals surface area contributed by atoms with Crippen LogP contribution in [0.15, 0.2) is 10.6 Å². The van der Waals surface area contributed by atoms with Crippen molar-refractivity contribution in [3.8, 4) is 0 Å². The van der Waals surface area contributed by atoms with Crippen molar-refractivity contribution in [1.29, 1.82) is 0 Å². The summed E-state index contributed by atoms with van der Waals surface area (Å²) in [6.45, 7) is 8.10. The van der Waals surface area contributed by atoms with Gasteiger partial charge in [0.15, 0.2) is 0 Å². The van der Waals surface area contributed by atoms with E-state index in [-0.39, 0.29) is 11.4 Å². The fourth-order valence-electron chi connectivity index (χ4n) is 2.25. The number of nitrogens with one attached hydrogen (secondary N) is 1. The van der Waals surface area contributed by atoms with E-state index in [0.29, 0.717) is 34.6 Å². The molecule has 0 radical (unpaired) electrons. The van der Waals surface area contributed by atoms with Crippen LogP contribution in [0.4, 0.5) is 0 Å². The molecule has 0 aliphatic carbocycles. The zero-order valence-corrected chi connectivity index (χ0v) is 13.0. The highest BCUT2D eigenvalue weighted by Gasteiger charge is 2.23. The van der Waals surface area contributed by atoms with Crippen LogP contribution >= 0.6 is 0 Å². The van der Waals surface area contributed by atoms with Gasteiger partial charge in [-0.15, -0.1) is 0 Å². The summed E-state index contributed by atoms with van der Waals surface area (Å²) in [7, 11) is 0. The van der Waals surface area contributed by atoms with Crippen LogP contribution in [0.3, 0.4) is 0 Å². The molecule has 6 heteroatoms. The van der Waals surface area contributed by atoms with E-state index >= 15 is 0 Å². The van der Waals surface area contributed by atoms with Gasteiger partial charge in [-0.3, -0.25) is 4.79 Å². The summed E-state index contributed by atoms with van der Waals surface area (Å²) in [5.41, 5.74) is 8.14. The number of carbonyl (C=O) groups excluding carboxylic acids is 1. The standard InChI is InChI=1S/C15H22N4O2/c1-5-15(16,6-2)8-17-13(20)11-7-9(3)18-14-12(11)10(4)19-21-14/h7H,5-6,8,16H2,1-4H3,(H,17,20). The third-order valence-corrected chi connectivity index (χ3v) is 4.00. The van der Waals surface area contributed by atoms with Gasteiger partial charge in [0.25, 0.3) is 11.6 Å². The van der Waals surface area contributed by atoms with Crippen LogP contribution in [-0.4, -0.2) is 28.1 Å². The molecule has 1 amide bonds. The SMILES string of the molecule is CCC(N)(CC)CNC(=O)c1cc(C)nc2onc(C)c12. The lowest BCUT2D eigenvalue weighted by Gasteiger charge is -2.26. The van der Waals surface area contributed by atoms with Crippen LogP contribution in [0.5, 0.6) is 0 Å². The summed E-state index contributed by atoms with van der Waals surface area (Å²) in [4.78, 5) is 16.7. The second-order valence-corrected chi connectivity index (χ2v) is 5.51. The molecule has 21 heavy (non-hydrogen) atoms. The molecule has 6 nitrogen and oxygen atoms in total. The maximum atomic E-state index is 12.5. The molecule has 0 aliphatic heterocycles. The lowest BCUT2D eigenvalue weighted by Crippen LogP contribution is -2.49. The van der Waals surface area contributed by atoms with Gasteiger partial charge < -0.3 is 15.6 Å². The predicted molar refractivity (Wildman–Crippen MR) is 81.1 cm³/mol. The van der Waals surface area contributed by atoms with Crippen molar-refractivity contribution >= 4 is 17.0 Å². The third kappa shape index (κ3) is 3.05. The molecule has 0 fully saturated rings. The van der Waals surface area contributed by atoms with E-state index in [0.717, 1.165) is 12.8 Å². The average molecular weight is 290 g/mol. The number of pyridine rings is 1. The van der Waals surface area contributed by atoms with Gasteiger partial charge in [-0.25, -0.2) is 4.98 Å². The number of aryl methyl sites for hydroxylation is 2. The summed E-state index contributed by atoms with van der Waals surface area (Å²) in [5.74, 6) is -0.173. The zero-order chi connectivity index (χ0) is 15.6. The molecule has 2 rings (SSSR count). The number of nitrogens with zero attached hydrogens (tertiary/aromatic N) is 2. The monoisotopic (exact) mass is 290 g/mol. The van der Waals surface area contributed by atoms with Gasteiger partial charge in [0.1, 0.15) is 0 Å².